The Hall–Kier alpha value is -0.810. The van der Waals surface area contributed by atoms with Crippen molar-refractivity contribution in [1.29, 1.82) is 0 Å². The molecule has 0 radical (unpaired) electrons. The van der Waals surface area contributed by atoms with Crippen LogP contribution in [0.15, 0.2) is 16.6 Å². The highest BCUT2D eigenvalue weighted by molar-refractivity contribution is 9.10. The fourth-order valence-corrected chi connectivity index (χ4v) is 2.37. The third-order valence-electron chi connectivity index (χ3n) is 2.11. The van der Waals surface area contributed by atoms with E-state index < -0.39 is 5.82 Å². The highest BCUT2D eigenvalue weighted by Gasteiger charge is 2.08. The van der Waals surface area contributed by atoms with Gasteiger partial charge in [0, 0.05) is 23.5 Å². The van der Waals surface area contributed by atoms with Crippen LogP contribution >= 0.6 is 27.5 Å². The number of amides is 1. The molecule has 0 aliphatic rings. The number of carbonyl (C=O) groups is 1. The van der Waals surface area contributed by atoms with Gasteiger partial charge in [-0.15, -0.1) is 0 Å². The summed E-state index contributed by atoms with van der Waals surface area (Å²) in [5, 5.41) is 6.07. The molecule has 0 saturated heterocycles. The van der Waals surface area contributed by atoms with Gasteiger partial charge in [-0.3, -0.25) is 4.79 Å². The van der Waals surface area contributed by atoms with Crippen molar-refractivity contribution >= 4 is 39.1 Å². The first kappa shape index (κ1) is 15.2. The molecule has 0 spiro atoms. The molecule has 0 aliphatic heterocycles. The second-order valence-electron chi connectivity index (χ2n) is 4.14. The van der Waals surface area contributed by atoms with Gasteiger partial charge in [-0.1, -0.05) is 11.6 Å². The number of nitrogens with one attached hydrogen (secondary N) is 2. The Morgan fingerprint density at radius 2 is 2.17 bits per heavy atom. The summed E-state index contributed by atoms with van der Waals surface area (Å²) >= 11 is 9.12. The summed E-state index contributed by atoms with van der Waals surface area (Å²) in [7, 11) is 0. The predicted octanol–water partition coefficient (Wildman–Crippen LogP) is 3.57. The Kier molecular flexibility index (Phi) is 5.88. The fourth-order valence-electron chi connectivity index (χ4n) is 1.41. The Balaban J connectivity index is 2.52. The second-order valence-corrected chi connectivity index (χ2v) is 5.40. The van der Waals surface area contributed by atoms with E-state index in [2.05, 4.69) is 26.6 Å². The lowest BCUT2D eigenvalue weighted by Gasteiger charge is -2.12. The molecule has 0 aliphatic carbocycles. The predicted molar refractivity (Wildman–Crippen MR) is 75.5 cm³/mol. The Labute approximate surface area is 119 Å². The highest BCUT2D eigenvalue weighted by Crippen LogP contribution is 2.31. The van der Waals surface area contributed by atoms with Crippen molar-refractivity contribution in [2.24, 2.45) is 0 Å². The van der Waals surface area contributed by atoms with Crippen molar-refractivity contribution in [2.75, 3.05) is 11.9 Å². The lowest BCUT2D eigenvalue weighted by Crippen LogP contribution is -2.31. The van der Waals surface area contributed by atoms with Crippen molar-refractivity contribution in [1.82, 2.24) is 5.32 Å². The molecular formula is C12H15BrClFN2O. The van der Waals surface area contributed by atoms with Gasteiger partial charge in [0.25, 0.3) is 0 Å². The molecule has 0 heterocycles. The van der Waals surface area contributed by atoms with Crippen LogP contribution in [0.3, 0.4) is 0 Å². The van der Waals surface area contributed by atoms with Gasteiger partial charge in [-0.05, 0) is 41.9 Å². The molecule has 3 nitrogen and oxygen atoms in total. The number of anilines is 1. The number of hydrogen-bond acceptors (Lipinski definition) is 2. The minimum atomic E-state index is -0.407. The summed E-state index contributed by atoms with van der Waals surface area (Å²) in [4.78, 5) is 11.4. The number of rotatable bonds is 5. The normalized spacial score (nSPS) is 10.6. The molecule has 0 fully saturated rings. The second kappa shape index (κ2) is 6.95. The van der Waals surface area contributed by atoms with E-state index in [4.69, 9.17) is 11.6 Å². The van der Waals surface area contributed by atoms with Gasteiger partial charge in [-0.2, -0.15) is 0 Å². The van der Waals surface area contributed by atoms with Crippen molar-refractivity contribution in [3.8, 4) is 0 Å². The molecule has 0 saturated carbocycles. The van der Waals surface area contributed by atoms with Gasteiger partial charge in [0.05, 0.1) is 10.7 Å². The zero-order valence-corrected chi connectivity index (χ0v) is 12.5. The standard InChI is InChI=1S/C12H15BrClFN2O/c1-7(2)17-11(18)3-4-16-12-9(13)5-8(15)6-10(12)14/h5-7,16H,3-4H2,1-2H3,(H,17,18). The zero-order chi connectivity index (χ0) is 13.7. The summed E-state index contributed by atoms with van der Waals surface area (Å²) in [5.41, 5.74) is 0.593. The van der Waals surface area contributed by atoms with Crippen molar-refractivity contribution in [3.63, 3.8) is 0 Å². The zero-order valence-electron chi connectivity index (χ0n) is 10.2. The van der Waals surface area contributed by atoms with Crippen LogP contribution in [0, 0.1) is 5.82 Å². The highest BCUT2D eigenvalue weighted by atomic mass is 79.9. The van der Waals surface area contributed by atoms with E-state index in [0.29, 0.717) is 23.1 Å². The van der Waals surface area contributed by atoms with E-state index in [1.54, 1.807) is 0 Å². The molecule has 0 atom stereocenters. The van der Waals surface area contributed by atoms with E-state index in [-0.39, 0.29) is 17.0 Å². The number of halogens is 3. The molecule has 1 amide bonds. The van der Waals surface area contributed by atoms with E-state index in [0.717, 1.165) is 0 Å². The molecule has 1 aromatic carbocycles. The molecule has 1 aromatic rings. The molecule has 1 rings (SSSR count). The molecule has 0 unspecified atom stereocenters. The summed E-state index contributed by atoms with van der Waals surface area (Å²) < 4.78 is 13.5. The first-order valence-electron chi connectivity index (χ1n) is 5.58. The minimum absolute atomic E-state index is 0.0353. The first-order valence-corrected chi connectivity index (χ1v) is 6.75. The van der Waals surface area contributed by atoms with Crippen LogP contribution in [0.4, 0.5) is 10.1 Å². The Morgan fingerprint density at radius 1 is 1.50 bits per heavy atom. The summed E-state index contributed by atoms with van der Waals surface area (Å²) in [6.45, 7) is 4.24. The molecule has 6 heteroatoms. The van der Waals surface area contributed by atoms with Gasteiger partial charge in [0.1, 0.15) is 5.82 Å². The third kappa shape index (κ3) is 4.82. The lowest BCUT2D eigenvalue weighted by molar-refractivity contribution is -0.121. The van der Waals surface area contributed by atoms with Crippen LogP contribution in [-0.4, -0.2) is 18.5 Å². The lowest BCUT2D eigenvalue weighted by atomic mass is 10.3. The fraction of sp³-hybridized carbons (Fsp3) is 0.417. The van der Waals surface area contributed by atoms with Crippen molar-refractivity contribution in [2.45, 2.75) is 26.3 Å². The van der Waals surface area contributed by atoms with Crippen molar-refractivity contribution < 1.29 is 9.18 Å². The monoisotopic (exact) mass is 336 g/mol. The van der Waals surface area contributed by atoms with Gasteiger partial charge >= 0.3 is 0 Å². The van der Waals surface area contributed by atoms with E-state index in [9.17, 15) is 9.18 Å². The van der Waals surface area contributed by atoms with Crippen LogP contribution in [-0.2, 0) is 4.79 Å². The molecule has 0 bridgehead atoms. The smallest absolute Gasteiger partial charge is 0.221 e. The number of benzene rings is 1. The molecular weight excluding hydrogens is 322 g/mol. The topological polar surface area (TPSA) is 41.1 Å². The molecule has 100 valence electrons. The first-order chi connectivity index (χ1) is 8.40. The van der Waals surface area contributed by atoms with Crippen LogP contribution < -0.4 is 10.6 Å². The molecule has 2 N–H and O–H groups in total. The minimum Gasteiger partial charge on any atom is -0.382 e. The van der Waals surface area contributed by atoms with Crippen LogP contribution in [0.25, 0.3) is 0 Å². The largest absolute Gasteiger partial charge is 0.382 e. The maximum Gasteiger partial charge on any atom is 0.221 e. The maximum absolute atomic E-state index is 13.0. The number of hydrogen-bond donors (Lipinski definition) is 2. The van der Waals surface area contributed by atoms with Crippen LogP contribution in [0.5, 0.6) is 0 Å². The summed E-state index contributed by atoms with van der Waals surface area (Å²) in [5.74, 6) is -0.443. The van der Waals surface area contributed by atoms with E-state index in [1.807, 2.05) is 13.8 Å². The number of carbonyl (C=O) groups excluding carboxylic acids is 1. The molecule has 0 aromatic heterocycles. The Morgan fingerprint density at radius 3 is 2.72 bits per heavy atom. The van der Waals surface area contributed by atoms with Gasteiger partial charge in [0.2, 0.25) is 5.91 Å². The van der Waals surface area contributed by atoms with Gasteiger partial charge in [-0.25, -0.2) is 4.39 Å². The average molecular weight is 338 g/mol. The third-order valence-corrected chi connectivity index (χ3v) is 3.03. The summed E-state index contributed by atoms with van der Waals surface area (Å²) in [6.07, 6.45) is 0.332. The Bertz CT molecular complexity index is 417. The summed E-state index contributed by atoms with van der Waals surface area (Å²) in [6, 6.07) is 2.67. The van der Waals surface area contributed by atoms with Gasteiger partial charge in [0.15, 0.2) is 0 Å². The van der Waals surface area contributed by atoms with E-state index >= 15 is 0 Å². The van der Waals surface area contributed by atoms with Crippen LogP contribution in [0.1, 0.15) is 20.3 Å². The quantitative estimate of drug-likeness (QED) is 0.862. The average Bonchev–Trinajstić information content (AvgIpc) is 2.20. The van der Waals surface area contributed by atoms with Crippen molar-refractivity contribution in [3.05, 3.63) is 27.4 Å². The SMILES string of the molecule is CC(C)NC(=O)CCNc1c(Cl)cc(F)cc1Br. The van der Waals surface area contributed by atoms with Gasteiger partial charge < -0.3 is 10.6 Å². The van der Waals surface area contributed by atoms with E-state index in [1.165, 1.54) is 12.1 Å². The molecule has 18 heavy (non-hydrogen) atoms. The van der Waals surface area contributed by atoms with Crippen LogP contribution in [0.2, 0.25) is 5.02 Å². The maximum atomic E-state index is 13.0.